The fourth-order valence-electron chi connectivity index (χ4n) is 3.00. The van der Waals surface area contributed by atoms with Gasteiger partial charge in [0.2, 0.25) is 0 Å². The molecular formula is C23H32IN3O5. The van der Waals surface area contributed by atoms with Crippen molar-refractivity contribution in [3.63, 3.8) is 0 Å². The van der Waals surface area contributed by atoms with E-state index in [1.54, 1.807) is 26.4 Å². The van der Waals surface area contributed by atoms with E-state index >= 15 is 0 Å². The Balaban J connectivity index is 0.00000512. The average molecular weight is 557 g/mol. The first-order valence-corrected chi connectivity index (χ1v) is 10.0. The van der Waals surface area contributed by atoms with Gasteiger partial charge in [-0.3, -0.25) is 0 Å². The highest BCUT2D eigenvalue weighted by Gasteiger charge is 2.13. The van der Waals surface area contributed by atoms with E-state index in [0.29, 0.717) is 41.9 Å². The molecule has 0 heterocycles. The molecule has 0 aliphatic rings. The number of nitrogens with one attached hydrogen (secondary N) is 2. The lowest BCUT2D eigenvalue weighted by Gasteiger charge is -2.13. The number of methoxy groups -OCH3 is 4. The van der Waals surface area contributed by atoms with E-state index in [4.69, 9.17) is 18.9 Å². The van der Waals surface area contributed by atoms with Gasteiger partial charge < -0.3 is 29.6 Å². The van der Waals surface area contributed by atoms with E-state index in [-0.39, 0.29) is 24.0 Å². The van der Waals surface area contributed by atoms with Crippen LogP contribution < -0.4 is 24.8 Å². The Kier molecular flexibility index (Phi) is 12.3. The highest BCUT2D eigenvalue weighted by molar-refractivity contribution is 14.0. The topological polar surface area (TPSA) is 90.4 Å². The molecule has 2 N–H and O–H groups in total. The third kappa shape index (κ3) is 7.77. The van der Waals surface area contributed by atoms with E-state index in [1.165, 1.54) is 14.2 Å². The first kappa shape index (κ1) is 27.3. The molecule has 0 atom stereocenters. The quantitative estimate of drug-likeness (QED) is 0.200. The van der Waals surface area contributed by atoms with Gasteiger partial charge in [-0.25, -0.2) is 9.79 Å². The minimum atomic E-state index is -0.442. The summed E-state index contributed by atoms with van der Waals surface area (Å²) in [5.41, 5.74) is 2.38. The zero-order valence-electron chi connectivity index (χ0n) is 19.2. The second kappa shape index (κ2) is 14.4. The number of hydrogen-bond donors (Lipinski definition) is 2. The van der Waals surface area contributed by atoms with Crippen LogP contribution in [0.5, 0.6) is 17.2 Å². The molecule has 0 unspecified atom stereocenters. The first-order chi connectivity index (χ1) is 15.1. The lowest BCUT2D eigenvalue weighted by atomic mass is 10.1. The Morgan fingerprint density at radius 2 is 1.53 bits per heavy atom. The lowest BCUT2D eigenvalue weighted by Crippen LogP contribution is -2.38. The molecule has 0 amide bonds. The minimum Gasteiger partial charge on any atom is -0.496 e. The molecule has 8 nitrogen and oxygen atoms in total. The van der Waals surface area contributed by atoms with Crippen molar-refractivity contribution in [3.8, 4) is 17.2 Å². The van der Waals surface area contributed by atoms with Crippen LogP contribution >= 0.6 is 24.0 Å². The van der Waals surface area contributed by atoms with Crippen LogP contribution in [0.1, 0.15) is 28.4 Å². The van der Waals surface area contributed by atoms with Gasteiger partial charge in [0.25, 0.3) is 0 Å². The summed E-state index contributed by atoms with van der Waals surface area (Å²) >= 11 is 0. The number of carbonyl (C=O) groups is 1. The van der Waals surface area contributed by atoms with Crippen molar-refractivity contribution in [2.45, 2.75) is 19.9 Å². The van der Waals surface area contributed by atoms with Crippen molar-refractivity contribution in [1.82, 2.24) is 10.6 Å². The van der Waals surface area contributed by atoms with Crippen molar-refractivity contribution >= 4 is 35.9 Å². The molecular weight excluding hydrogens is 525 g/mol. The highest BCUT2D eigenvalue weighted by atomic mass is 127. The molecule has 2 aromatic carbocycles. The average Bonchev–Trinajstić information content (AvgIpc) is 2.81. The summed E-state index contributed by atoms with van der Waals surface area (Å²) in [6.45, 7) is 3.84. The van der Waals surface area contributed by atoms with Crippen molar-refractivity contribution in [2.24, 2.45) is 4.99 Å². The number of hydrogen-bond acceptors (Lipinski definition) is 6. The third-order valence-electron chi connectivity index (χ3n) is 4.59. The monoisotopic (exact) mass is 557 g/mol. The molecule has 0 fully saturated rings. The first-order valence-electron chi connectivity index (χ1n) is 10.0. The molecule has 0 aromatic heterocycles. The van der Waals surface area contributed by atoms with Gasteiger partial charge in [0, 0.05) is 13.1 Å². The van der Waals surface area contributed by atoms with Gasteiger partial charge in [-0.2, -0.15) is 0 Å². The van der Waals surface area contributed by atoms with E-state index in [2.05, 4.69) is 15.6 Å². The van der Waals surface area contributed by atoms with E-state index < -0.39 is 5.97 Å². The SMILES string of the molecule is CCNC(=NCc1ccc(OC)c(C(=O)OC)c1)NCCc1ccc(OC)c(OC)c1.I. The molecule has 32 heavy (non-hydrogen) atoms. The Labute approximate surface area is 206 Å². The van der Waals surface area contributed by atoms with Crippen LogP contribution in [-0.4, -0.2) is 53.5 Å². The molecule has 0 spiro atoms. The van der Waals surface area contributed by atoms with Crippen molar-refractivity contribution < 1.29 is 23.7 Å². The number of esters is 1. The largest absolute Gasteiger partial charge is 0.496 e. The number of nitrogens with zero attached hydrogens (tertiary/aromatic N) is 1. The van der Waals surface area contributed by atoms with Gasteiger partial charge in [0.1, 0.15) is 11.3 Å². The fourth-order valence-corrected chi connectivity index (χ4v) is 3.00. The summed E-state index contributed by atoms with van der Waals surface area (Å²) in [5, 5.41) is 6.56. The van der Waals surface area contributed by atoms with Crippen LogP contribution in [-0.2, 0) is 17.7 Å². The molecule has 0 aliphatic heterocycles. The second-order valence-corrected chi connectivity index (χ2v) is 6.59. The van der Waals surface area contributed by atoms with Gasteiger partial charge in [-0.05, 0) is 48.7 Å². The summed E-state index contributed by atoms with van der Waals surface area (Å²) in [6, 6.07) is 11.2. The number of guanidine groups is 1. The summed E-state index contributed by atoms with van der Waals surface area (Å²) in [4.78, 5) is 16.6. The van der Waals surface area contributed by atoms with Gasteiger partial charge in [-0.1, -0.05) is 12.1 Å². The number of carbonyl (C=O) groups excluding carboxylic acids is 1. The maximum atomic E-state index is 12.0. The van der Waals surface area contributed by atoms with Crippen LogP contribution in [0.2, 0.25) is 0 Å². The molecule has 0 aliphatic carbocycles. The van der Waals surface area contributed by atoms with Gasteiger partial charge in [0.15, 0.2) is 17.5 Å². The van der Waals surface area contributed by atoms with Crippen molar-refractivity contribution in [1.29, 1.82) is 0 Å². The summed E-state index contributed by atoms with van der Waals surface area (Å²) in [6.07, 6.45) is 0.791. The van der Waals surface area contributed by atoms with Gasteiger partial charge in [0.05, 0.1) is 35.0 Å². The number of halogens is 1. The molecule has 0 bridgehead atoms. The number of benzene rings is 2. The lowest BCUT2D eigenvalue weighted by molar-refractivity contribution is 0.0597. The van der Waals surface area contributed by atoms with Gasteiger partial charge >= 0.3 is 5.97 Å². The normalized spacial score (nSPS) is 10.6. The Bertz CT molecular complexity index is 905. The molecule has 0 saturated heterocycles. The molecule has 0 radical (unpaired) electrons. The highest BCUT2D eigenvalue weighted by Crippen LogP contribution is 2.27. The Hall–Kier alpha value is -2.69. The summed E-state index contributed by atoms with van der Waals surface area (Å²) < 4.78 is 20.7. The Morgan fingerprint density at radius 1 is 0.875 bits per heavy atom. The smallest absolute Gasteiger partial charge is 0.341 e. The van der Waals surface area contributed by atoms with Crippen molar-refractivity contribution in [3.05, 3.63) is 53.1 Å². The van der Waals surface area contributed by atoms with Crippen molar-refractivity contribution in [2.75, 3.05) is 41.5 Å². The maximum Gasteiger partial charge on any atom is 0.341 e. The Morgan fingerprint density at radius 3 is 2.16 bits per heavy atom. The number of aliphatic imine (C=N–C) groups is 1. The molecule has 9 heteroatoms. The second-order valence-electron chi connectivity index (χ2n) is 6.59. The van der Waals surface area contributed by atoms with Crippen LogP contribution in [0.3, 0.4) is 0 Å². The van der Waals surface area contributed by atoms with Crippen LogP contribution in [0.4, 0.5) is 0 Å². The molecule has 2 aromatic rings. The minimum absolute atomic E-state index is 0. The van der Waals surface area contributed by atoms with E-state index in [0.717, 1.165) is 24.1 Å². The van der Waals surface area contributed by atoms with Crippen LogP contribution in [0.15, 0.2) is 41.4 Å². The summed E-state index contributed by atoms with van der Waals surface area (Å²) in [5.74, 6) is 2.14. The number of ether oxygens (including phenoxy) is 4. The van der Waals surface area contributed by atoms with E-state index in [1.807, 2.05) is 31.2 Å². The third-order valence-corrected chi connectivity index (χ3v) is 4.59. The molecule has 0 saturated carbocycles. The van der Waals surface area contributed by atoms with Crippen LogP contribution in [0, 0.1) is 0 Å². The molecule has 176 valence electrons. The standard InChI is InChI=1S/C23H31N3O5.HI/c1-6-24-23(25-12-11-16-7-10-20(29-3)21(14-16)30-4)26-15-17-8-9-19(28-2)18(13-17)22(27)31-5;/h7-10,13-14H,6,11-12,15H2,1-5H3,(H2,24,25,26);1H. The van der Waals surface area contributed by atoms with E-state index in [9.17, 15) is 4.79 Å². The summed E-state index contributed by atoms with van der Waals surface area (Å²) in [7, 11) is 6.11. The predicted octanol–water partition coefficient (Wildman–Crippen LogP) is 3.41. The zero-order valence-corrected chi connectivity index (χ0v) is 21.5. The maximum absolute atomic E-state index is 12.0. The predicted molar refractivity (Wildman–Crippen MR) is 136 cm³/mol. The zero-order chi connectivity index (χ0) is 22.6. The van der Waals surface area contributed by atoms with Gasteiger partial charge in [-0.15, -0.1) is 24.0 Å². The molecule has 2 rings (SSSR count). The number of rotatable bonds is 10. The van der Waals surface area contributed by atoms with Crippen LogP contribution in [0.25, 0.3) is 0 Å². The fraction of sp³-hybridized carbons (Fsp3) is 0.391.